The van der Waals surface area contributed by atoms with E-state index < -0.39 is 11.6 Å². The van der Waals surface area contributed by atoms with E-state index >= 15 is 0 Å². The van der Waals surface area contributed by atoms with Crippen LogP contribution in [0.15, 0.2) is 36.4 Å². The van der Waals surface area contributed by atoms with E-state index in [2.05, 4.69) is 6.92 Å². The van der Waals surface area contributed by atoms with Gasteiger partial charge in [-0.25, -0.2) is 8.78 Å². The van der Waals surface area contributed by atoms with E-state index in [1.54, 1.807) is 0 Å². The average Bonchev–Trinajstić information content (AvgIpc) is 2.64. The number of unbranched alkanes of at least 4 members (excludes halogenated alkanes) is 1. The van der Waals surface area contributed by atoms with E-state index in [1.807, 2.05) is 24.3 Å². The standard InChI is InChI=1S/C21H24F2O2/c1-3-4-5-15-12-24-21(25-13-15)17-8-6-16(7-9-17)18-10-19(22)14(2)20(23)11-18/h6-11,15,21H,3-5,12-13H2,1-2H3. The predicted octanol–water partition coefficient (Wildman–Crippen LogP) is 5.79. The molecule has 2 nitrogen and oxygen atoms in total. The summed E-state index contributed by atoms with van der Waals surface area (Å²) in [6, 6.07) is 10.2. The van der Waals surface area contributed by atoms with Gasteiger partial charge in [0.1, 0.15) is 11.6 Å². The van der Waals surface area contributed by atoms with Crippen molar-refractivity contribution >= 4 is 0 Å². The molecule has 0 spiro atoms. The summed E-state index contributed by atoms with van der Waals surface area (Å²) in [6.45, 7) is 5.03. The van der Waals surface area contributed by atoms with Crippen molar-refractivity contribution in [1.82, 2.24) is 0 Å². The van der Waals surface area contributed by atoms with Gasteiger partial charge in [0.2, 0.25) is 0 Å². The molecule has 0 unspecified atom stereocenters. The topological polar surface area (TPSA) is 18.5 Å². The molecule has 0 aromatic heterocycles. The van der Waals surface area contributed by atoms with Crippen LogP contribution in [0.1, 0.15) is 43.6 Å². The lowest BCUT2D eigenvalue weighted by Gasteiger charge is -2.29. The summed E-state index contributed by atoms with van der Waals surface area (Å²) in [5, 5.41) is 0. The summed E-state index contributed by atoms with van der Waals surface area (Å²) in [5.74, 6) is -0.596. The maximum Gasteiger partial charge on any atom is 0.183 e. The first kappa shape index (κ1) is 18.0. The fraction of sp³-hybridized carbons (Fsp3) is 0.429. The zero-order valence-electron chi connectivity index (χ0n) is 14.7. The molecule has 0 bridgehead atoms. The summed E-state index contributed by atoms with van der Waals surface area (Å²) in [4.78, 5) is 0. The molecule has 0 atom stereocenters. The minimum absolute atomic E-state index is 0.0435. The van der Waals surface area contributed by atoms with E-state index in [4.69, 9.17) is 9.47 Å². The molecule has 25 heavy (non-hydrogen) atoms. The van der Waals surface area contributed by atoms with Crippen LogP contribution in [0.5, 0.6) is 0 Å². The van der Waals surface area contributed by atoms with Crippen LogP contribution in [0.25, 0.3) is 11.1 Å². The highest BCUT2D eigenvalue weighted by Gasteiger charge is 2.23. The fourth-order valence-corrected chi connectivity index (χ4v) is 3.04. The van der Waals surface area contributed by atoms with Gasteiger partial charge >= 0.3 is 0 Å². The third-order valence-corrected chi connectivity index (χ3v) is 4.73. The van der Waals surface area contributed by atoms with E-state index in [0.29, 0.717) is 24.7 Å². The average molecular weight is 346 g/mol. The Morgan fingerprint density at radius 3 is 2.12 bits per heavy atom. The van der Waals surface area contributed by atoms with Crippen LogP contribution in [0.2, 0.25) is 0 Å². The van der Waals surface area contributed by atoms with Crippen molar-refractivity contribution in [1.29, 1.82) is 0 Å². The number of halogens is 2. The van der Waals surface area contributed by atoms with Crippen LogP contribution in [0.3, 0.4) is 0 Å². The van der Waals surface area contributed by atoms with Crippen molar-refractivity contribution in [2.45, 2.75) is 39.4 Å². The number of ether oxygens (including phenoxy) is 2. The molecule has 0 N–H and O–H groups in total. The highest BCUT2D eigenvalue weighted by atomic mass is 19.1. The summed E-state index contributed by atoms with van der Waals surface area (Å²) in [7, 11) is 0. The molecule has 3 rings (SSSR count). The van der Waals surface area contributed by atoms with E-state index in [9.17, 15) is 8.78 Å². The molecule has 0 saturated carbocycles. The predicted molar refractivity (Wildman–Crippen MR) is 94.2 cm³/mol. The maximum atomic E-state index is 13.7. The highest BCUT2D eigenvalue weighted by Crippen LogP contribution is 2.30. The van der Waals surface area contributed by atoms with Gasteiger partial charge in [-0.15, -0.1) is 0 Å². The number of hydrogen-bond acceptors (Lipinski definition) is 2. The monoisotopic (exact) mass is 346 g/mol. The first-order valence-electron chi connectivity index (χ1n) is 8.87. The number of hydrogen-bond donors (Lipinski definition) is 0. The molecule has 1 fully saturated rings. The van der Waals surface area contributed by atoms with Gasteiger partial charge in [-0.2, -0.15) is 0 Å². The Hall–Kier alpha value is -1.78. The number of rotatable bonds is 5. The molecule has 134 valence electrons. The minimum atomic E-state index is -0.531. The first-order chi connectivity index (χ1) is 12.1. The van der Waals surface area contributed by atoms with E-state index in [1.165, 1.54) is 31.9 Å². The Kier molecular flexibility index (Phi) is 5.82. The second-order valence-corrected chi connectivity index (χ2v) is 6.69. The third kappa shape index (κ3) is 4.25. The first-order valence-corrected chi connectivity index (χ1v) is 8.87. The molecule has 2 aromatic carbocycles. The van der Waals surface area contributed by atoms with Crippen molar-refractivity contribution in [2.24, 2.45) is 5.92 Å². The van der Waals surface area contributed by atoms with Crippen LogP contribution in [0.4, 0.5) is 8.78 Å². The van der Waals surface area contributed by atoms with Crippen LogP contribution >= 0.6 is 0 Å². The zero-order chi connectivity index (χ0) is 17.8. The molecule has 1 saturated heterocycles. The van der Waals surface area contributed by atoms with Gasteiger partial charge in [-0.05, 0) is 36.6 Å². The summed E-state index contributed by atoms with van der Waals surface area (Å²) >= 11 is 0. The lowest BCUT2D eigenvalue weighted by atomic mass is 10.0. The molecule has 0 amide bonds. The Balaban J connectivity index is 1.67. The SMILES string of the molecule is CCCCC1COC(c2ccc(-c3cc(F)c(C)c(F)c3)cc2)OC1. The number of benzene rings is 2. The largest absolute Gasteiger partial charge is 0.348 e. The van der Waals surface area contributed by atoms with Crippen molar-refractivity contribution in [3.05, 3.63) is 59.2 Å². The van der Waals surface area contributed by atoms with Crippen LogP contribution < -0.4 is 0 Å². The molecule has 2 aromatic rings. The zero-order valence-corrected chi connectivity index (χ0v) is 14.7. The summed E-state index contributed by atoms with van der Waals surface area (Å²) in [6.07, 6.45) is 3.15. The lowest BCUT2D eigenvalue weighted by molar-refractivity contribution is -0.206. The Bertz CT molecular complexity index is 681. The highest BCUT2D eigenvalue weighted by molar-refractivity contribution is 5.64. The van der Waals surface area contributed by atoms with Gasteiger partial charge in [0, 0.05) is 17.0 Å². The van der Waals surface area contributed by atoms with Crippen LogP contribution in [0, 0.1) is 24.5 Å². The molecular formula is C21H24F2O2. The molecule has 1 aliphatic heterocycles. The Morgan fingerprint density at radius 2 is 1.56 bits per heavy atom. The van der Waals surface area contributed by atoms with E-state index in [-0.39, 0.29) is 11.9 Å². The van der Waals surface area contributed by atoms with Gasteiger partial charge in [0.15, 0.2) is 6.29 Å². The van der Waals surface area contributed by atoms with Crippen molar-refractivity contribution in [3.63, 3.8) is 0 Å². The molecule has 1 heterocycles. The van der Waals surface area contributed by atoms with Gasteiger partial charge in [-0.3, -0.25) is 0 Å². The van der Waals surface area contributed by atoms with E-state index in [0.717, 1.165) is 17.5 Å². The fourth-order valence-electron chi connectivity index (χ4n) is 3.04. The smallest absolute Gasteiger partial charge is 0.183 e. The molecule has 0 radical (unpaired) electrons. The second kappa shape index (κ2) is 8.07. The van der Waals surface area contributed by atoms with Gasteiger partial charge in [0.25, 0.3) is 0 Å². The molecular weight excluding hydrogens is 322 g/mol. The van der Waals surface area contributed by atoms with Crippen molar-refractivity contribution in [3.8, 4) is 11.1 Å². The van der Waals surface area contributed by atoms with Gasteiger partial charge < -0.3 is 9.47 Å². The minimum Gasteiger partial charge on any atom is -0.348 e. The molecule has 4 heteroatoms. The quantitative estimate of drug-likeness (QED) is 0.682. The van der Waals surface area contributed by atoms with Gasteiger partial charge in [0.05, 0.1) is 13.2 Å². The van der Waals surface area contributed by atoms with Crippen LogP contribution in [-0.4, -0.2) is 13.2 Å². The molecule has 1 aliphatic rings. The van der Waals surface area contributed by atoms with Gasteiger partial charge in [-0.1, -0.05) is 44.0 Å². The van der Waals surface area contributed by atoms with Crippen molar-refractivity contribution < 1.29 is 18.3 Å². The summed E-state index contributed by atoms with van der Waals surface area (Å²) in [5.41, 5.74) is 2.25. The lowest BCUT2D eigenvalue weighted by Crippen LogP contribution is -2.27. The third-order valence-electron chi connectivity index (χ3n) is 4.73. The second-order valence-electron chi connectivity index (χ2n) is 6.69. The maximum absolute atomic E-state index is 13.7. The summed E-state index contributed by atoms with van der Waals surface area (Å²) < 4.78 is 39.1. The Morgan fingerprint density at radius 1 is 0.960 bits per heavy atom. The van der Waals surface area contributed by atoms with Crippen LogP contribution in [-0.2, 0) is 9.47 Å². The van der Waals surface area contributed by atoms with Crippen molar-refractivity contribution in [2.75, 3.05) is 13.2 Å². The normalized spacial score (nSPS) is 20.6. The Labute approximate surface area is 147 Å². The molecule has 0 aliphatic carbocycles.